The van der Waals surface area contributed by atoms with E-state index in [1.807, 2.05) is 6.07 Å². The second-order valence-corrected chi connectivity index (χ2v) is 6.65. The van der Waals surface area contributed by atoms with Gasteiger partial charge in [-0.05, 0) is 24.1 Å². The van der Waals surface area contributed by atoms with Crippen LogP contribution in [0.25, 0.3) is 10.2 Å². The van der Waals surface area contributed by atoms with Gasteiger partial charge in [-0.25, -0.2) is 15.0 Å². The van der Waals surface area contributed by atoms with Crippen molar-refractivity contribution in [3.05, 3.63) is 42.2 Å². The smallest absolute Gasteiger partial charge is 0.225 e. The van der Waals surface area contributed by atoms with E-state index in [9.17, 15) is 0 Å². The van der Waals surface area contributed by atoms with Crippen LogP contribution in [0.15, 0.2) is 36.7 Å². The van der Waals surface area contributed by atoms with Crippen LogP contribution in [0, 0.1) is 0 Å². The van der Waals surface area contributed by atoms with Gasteiger partial charge in [-0.3, -0.25) is 0 Å². The quantitative estimate of drug-likeness (QED) is 0.741. The van der Waals surface area contributed by atoms with Crippen molar-refractivity contribution >= 4 is 32.6 Å². The number of fused-ring (bicyclic) bond motifs is 1. The molecule has 0 bridgehead atoms. The molecule has 1 aliphatic rings. The molecule has 2 aromatic heterocycles. The molecule has 0 spiro atoms. The van der Waals surface area contributed by atoms with Crippen molar-refractivity contribution in [3.63, 3.8) is 0 Å². The van der Waals surface area contributed by atoms with Crippen molar-refractivity contribution in [2.75, 3.05) is 36.0 Å². The van der Waals surface area contributed by atoms with E-state index in [2.05, 4.69) is 44.9 Å². The van der Waals surface area contributed by atoms with Crippen molar-refractivity contribution < 1.29 is 0 Å². The number of rotatable bonds is 3. The standard InChI is InChI=1S/C17H19N5S/c1-2-13-5-3-6-14-15(13)20-17(23-14)22-11-9-21(10-12-22)16-18-7-4-8-19-16/h3-8H,2,9-12H2,1H3. The lowest BCUT2D eigenvalue weighted by molar-refractivity contribution is 0.639. The molecule has 3 heterocycles. The SMILES string of the molecule is CCc1cccc2sc(N3CCN(c4ncccn4)CC3)nc12. The molecule has 118 valence electrons. The zero-order chi connectivity index (χ0) is 15.6. The lowest BCUT2D eigenvalue weighted by Crippen LogP contribution is -2.47. The van der Waals surface area contributed by atoms with Gasteiger partial charge in [0.1, 0.15) is 0 Å². The van der Waals surface area contributed by atoms with Gasteiger partial charge in [-0.2, -0.15) is 0 Å². The first kappa shape index (κ1) is 14.4. The maximum Gasteiger partial charge on any atom is 0.225 e. The second kappa shape index (κ2) is 6.12. The molecule has 1 saturated heterocycles. The first-order valence-electron chi connectivity index (χ1n) is 8.00. The summed E-state index contributed by atoms with van der Waals surface area (Å²) in [6.07, 6.45) is 4.63. The Kier molecular flexibility index (Phi) is 3.83. The summed E-state index contributed by atoms with van der Waals surface area (Å²) in [7, 11) is 0. The Labute approximate surface area is 139 Å². The van der Waals surface area contributed by atoms with Crippen LogP contribution in [-0.2, 0) is 6.42 Å². The van der Waals surface area contributed by atoms with E-state index in [-0.39, 0.29) is 0 Å². The fraction of sp³-hybridized carbons (Fsp3) is 0.353. The highest BCUT2D eigenvalue weighted by atomic mass is 32.1. The van der Waals surface area contributed by atoms with Crippen LogP contribution < -0.4 is 9.80 Å². The highest BCUT2D eigenvalue weighted by Crippen LogP contribution is 2.31. The zero-order valence-electron chi connectivity index (χ0n) is 13.1. The number of nitrogens with zero attached hydrogens (tertiary/aromatic N) is 5. The molecule has 3 aromatic rings. The molecule has 0 atom stereocenters. The van der Waals surface area contributed by atoms with Crippen LogP contribution >= 0.6 is 11.3 Å². The van der Waals surface area contributed by atoms with Crippen molar-refractivity contribution in [2.45, 2.75) is 13.3 Å². The maximum atomic E-state index is 4.90. The summed E-state index contributed by atoms with van der Waals surface area (Å²) in [6, 6.07) is 8.33. The van der Waals surface area contributed by atoms with E-state index >= 15 is 0 Å². The second-order valence-electron chi connectivity index (χ2n) is 5.64. The van der Waals surface area contributed by atoms with Gasteiger partial charge in [0.2, 0.25) is 5.95 Å². The molecular weight excluding hydrogens is 306 g/mol. The minimum atomic E-state index is 0.824. The molecule has 0 aliphatic carbocycles. The van der Waals surface area contributed by atoms with Gasteiger partial charge in [0.05, 0.1) is 10.2 Å². The predicted octanol–water partition coefficient (Wildman–Crippen LogP) is 2.98. The number of aryl methyl sites for hydroxylation is 1. The summed E-state index contributed by atoms with van der Waals surface area (Å²) in [6.45, 7) is 5.96. The summed E-state index contributed by atoms with van der Waals surface area (Å²) >= 11 is 1.80. The third kappa shape index (κ3) is 2.74. The van der Waals surface area contributed by atoms with Gasteiger partial charge in [-0.1, -0.05) is 30.4 Å². The Hall–Kier alpha value is -2.21. The van der Waals surface area contributed by atoms with Gasteiger partial charge in [0, 0.05) is 38.6 Å². The summed E-state index contributed by atoms with van der Waals surface area (Å²) in [5.74, 6) is 0.824. The molecular formula is C17H19N5S. The van der Waals surface area contributed by atoms with Crippen molar-refractivity contribution in [3.8, 4) is 0 Å². The van der Waals surface area contributed by atoms with Crippen LogP contribution in [0.4, 0.5) is 11.1 Å². The number of benzene rings is 1. The summed E-state index contributed by atoms with van der Waals surface area (Å²) in [4.78, 5) is 18.2. The topological polar surface area (TPSA) is 45.2 Å². The number of anilines is 2. The third-order valence-electron chi connectivity index (χ3n) is 4.26. The predicted molar refractivity (Wildman–Crippen MR) is 95.5 cm³/mol. The van der Waals surface area contributed by atoms with Crippen LogP contribution in [0.3, 0.4) is 0 Å². The summed E-state index contributed by atoms with van der Waals surface area (Å²) in [5, 5.41) is 1.13. The third-order valence-corrected chi connectivity index (χ3v) is 5.34. The molecule has 1 fully saturated rings. The number of piperazine rings is 1. The molecule has 6 heteroatoms. The number of para-hydroxylation sites is 1. The average Bonchev–Trinajstić information content (AvgIpc) is 3.07. The molecule has 0 amide bonds. The molecule has 4 rings (SSSR count). The van der Waals surface area contributed by atoms with Crippen molar-refractivity contribution in [1.82, 2.24) is 15.0 Å². The molecule has 5 nitrogen and oxygen atoms in total. The Morgan fingerprint density at radius 3 is 2.48 bits per heavy atom. The molecule has 0 radical (unpaired) electrons. The molecule has 0 saturated carbocycles. The van der Waals surface area contributed by atoms with E-state index in [0.29, 0.717) is 0 Å². The van der Waals surface area contributed by atoms with Crippen LogP contribution in [0.2, 0.25) is 0 Å². The van der Waals surface area contributed by atoms with Gasteiger partial charge < -0.3 is 9.80 Å². The average molecular weight is 325 g/mol. The fourth-order valence-corrected chi connectivity index (χ4v) is 4.03. The Morgan fingerprint density at radius 1 is 1.00 bits per heavy atom. The first-order chi connectivity index (χ1) is 11.3. The minimum absolute atomic E-state index is 0.824. The van der Waals surface area contributed by atoms with Gasteiger partial charge in [0.15, 0.2) is 5.13 Å². The van der Waals surface area contributed by atoms with Gasteiger partial charge >= 0.3 is 0 Å². The maximum absolute atomic E-state index is 4.90. The molecule has 23 heavy (non-hydrogen) atoms. The summed E-state index contributed by atoms with van der Waals surface area (Å²) in [5.41, 5.74) is 2.50. The Bertz CT molecular complexity index is 793. The van der Waals surface area contributed by atoms with E-state index in [1.165, 1.54) is 15.8 Å². The molecule has 0 unspecified atom stereocenters. The summed E-state index contributed by atoms with van der Waals surface area (Å²) < 4.78 is 1.29. The normalized spacial score (nSPS) is 15.3. The minimum Gasteiger partial charge on any atom is -0.345 e. The monoisotopic (exact) mass is 325 g/mol. The largest absolute Gasteiger partial charge is 0.345 e. The van der Waals surface area contributed by atoms with Gasteiger partial charge in [-0.15, -0.1) is 0 Å². The van der Waals surface area contributed by atoms with Crippen LogP contribution in [-0.4, -0.2) is 41.1 Å². The van der Waals surface area contributed by atoms with Crippen molar-refractivity contribution in [2.24, 2.45) is 0 Å². The van der Waals surface area contributed by atoms with Crippen molar-refractivity contribution in [1.29, 1.82) is 0 Å². The molecule has 1 aromatic carbocycles. The highest BCUT2D eigenvalue weighted by molar-refractivity contribution is 7.22. The van der Waals surface area contributed by atoms with E-state index in [0.717, 1.165) is 43.7 Å². The van der Waals surface area contributed by atoms with E-state index < -0.39 is 0 Å². The number of aromatic nitrogens is 3. The van der Waals surface area contributed by atoms with E-state index in [4.69, 9.17) is 4.98 Å². The van der Waals surface area contributed by atoms with Gasteiger partial charge in [0.25, 0.3) is 0 Å². The highest BCUT2D eigenvalue weighted by Gasteiger charge is 2.21. The lowest BCUT2D eigenvalue weighted by atomic mass is 10.1. The zero-order valence-corrected chi connectivity index (χ0v) is 14.0. The van der Waals surface area contributed by atoms with Crippen LogP contribution in [0.5, 0.6) is 0 Å². The van der Waals surface area contributed by atoms with E-state index in [1.54, 1.807) is 23.7 Å². The Morgan fingerprint density at radius 2 is 1.74 bits per heavy atom. The number of thiazole rings is 1. The first-order valence-corrected chi connectivity index (χ1v) is 8.82. The molecule has 1 aliphatic heterocycles. The number of hydrogen-bond donors (Lipinski definition) is 0. The fourth-order valence-electron chi connectivity index (χ4n) is 2.97. The molecule has 0 N–H and O–H groups in total. The number of hydrogen-bond acceptors (Lipinski definition) is 6. The Balaban J connectivity index is 1.52. The lowest BCUT2D eigenvalue weighted by Gasteiger charge is -2.34. The van der Waals surface area contributed by atoms with Crippen LogP contribution in [0.1, 0.15) is 12.5 Å².